The number of benzene rings is 2. The molecule has 1 heterocycles. The van der Waals surface area contributed by atoms with Crippen molar-refractivity contribution in [1.29, 1.82) is 0 Å². The molecule has 5 heteroatoms. The predicted molar refractivity (Wildman–Crippen MR) is 107 cm³/mol. The van der Waals surface area contributed by atoms with Crippen LogP contribution < -0.4 is 5.43 Å². The number of hydrazone groups is 1. The number of aromatic hydroxyl groups is 1. The van der Waals surface area contributed by atoms with Crippen LogP contribution in [0.2, 0.25) is 0 Å². The molecule has 1 amide bonds. The fourth-order valence-corrected chi connectivity index (χ4v) is 3.85. The van der Waals surface area contributed by atoms with Crippen LogP contribution in [0.1, 0.15) is 36.1 Å². The Morgan fingerprint density at radius 1 is 1.11 bits per heavy atom. The number of carbonyl (C=O) groups excluding carboxylic acids is 1. The molecule has 0 bridgehead atoms. The second kappa shape index (κ2) is 7.66. The van der Waals surface area contributed by atoms with E-state index in [4.69, 9.17) is 0 Å². The molecule has 2 aromatic carbocycles. The molecule has 0 saturated carbocycles. The average molecular weight is 361 g/mol. The number of hydrogen-bond donors (Lipinski definition) is 2. The lowest BCUT2D eigenvalue weighted by Gasteiger charge is -2.15. The van der Waals surface area contributed by atoms with Crippen LogP contribution >= 0.6 is 0 Å². The topological polar surface area (TPSA) is 66.6 Å². The minimum absolute atomic E-state index is 0.104. The Morgan fingerprint density at radius 3 is 2.74 bits per heavy atom. The Balaban J connectivity index is 1.43. The van der Waals surface area contributed by atoms with Crippen molar-refractivity contribution in [1.82, 2.24) is 9.99 Å². The van der Waals surface area contributed by atoms with Crippen LogP contribution in [0.25, 0.3) is 10.9 Å². The first-order chi connectivity index (χ1) is 13.2. The molecule has 0 fully saturated rings. The van der Waals surface area contributed by atoms with Crippen molar-refractivity contribution in [2.24, 2.45) is 5.10 Å². The Morgan fingerprint density at radius 2 is 1.89 bits per heavy atom. The van der Waals surface area contributed by atoms with Gasteiger partial charge >= 0.3 is 0 Å². The maximum atomic E-state index is 12.2. The van der Waals surface area contributed by atoms with Crippen molar-refractivity contribution in [2.75, 3.05) is 0 Å². The van der Waals surface area contributed by atoms with E-state index in [9.17, 15) is 9.90 Å². The minimum Gasteiger partial charge on any atom is -0.508 e. The number of carbonyl (C=O) groups is 1. The summed E-state index contributed by atoms with van der Waals surface area (Å²) in [5.74, 6) is 0.103. The first-order valence-corrected chi connectivity index (χ1v) is 9.42. The molecule has 0 saturated heterocycles. The molecule has 0 aliphatic heterocycles. The molecule has 0 unspecified atom stereocenters. The highest BCUT2D eigenvalue weighted by Gasteiger charge is 2.19. The summed E-state index contributed by atoms with van der Waals surface area (Å²) in [4.78, 5) is 12.2. The van der Waals surface area contributed by atoms with Gasteiger partial charge in [-0.15, -0.1) is 0 Å². The molecule has 2 N–H and O–H groups in total. The predicted octanol–water partition coefficient (Wildman–Crippen LogP) is 3.77. The molecule has 5 nitrogen and oxygen atoms in total. The van der Waals surface area contributed by atoms with Crippen LogP contribution in [-0.4, -0.2) is 21.8 Å². The van der Waals surface area contributed by atoms with E-state index in [-0.39, 0.29) is 11.7 Å². The van der Waals surface area contributed by atoms with Gasteiger partial charge < -0.3 is 9.67 Å². The maximum Gasteiger partial charge on any atom is 0.241 e. The number of rotatable bonds is 5. The third kappa shape index (κ3) is 3.72. The lowest BCUT2D eigenvalue weighted by atomic mass is 9.95. The van der Waals surface area contributed by atoms with Gasteiger partial charge in [0.2, 0.25) is 5.91 Å². The lowest BCUT2D eigenvalue weighted by molar-refractivity contribution is -0.121. The number of amides is 1. The molecule has 0 radical (unpaired) electrons. The quantitative estimate of drug-likeness (QED) is 0.537. The van der Waals surface area contributed by atoms with Crippen molar-refractivity contribution >= 4 is 23.0 Å². The smallest absolute Gasteiger partial charge is 0.241 e. The SMILES string of the molecule is O=C(CCn1c2c(c3ccccc31)CCCC2)N/N=C/c1ccc(O)cc1. The van der Waals surface area contributed by atoms with Gasteiger partial charge in [0.15, 0.2) is 0 Å². The van der Waals surface area contributed by atoms with Gasteiger partial charge in [0.25, 0.3) is 0 Å². The molecule has 1 aliphatic carbocycles. The summed E-state index contributed by atoms with van der Waals surface area (Å²) in [6.07, 6.45) is 6.64. The van der Waals surface area contributed by atoms with Crippen molar-refractivity contribution < 1.29 is 9.90 Å². The van der Waals surface area contributed by atoms with Crippen molar-refractivity contribution in [3.63, 3.8) is 0 Å². The van der Waals surface area contributed by atoms with Gasteiger partial charge in [-0.1, -0.05) is 18.2 Å². The van der Waals surface area contributed by atoms with Crippen LogP contribution in [0.4, 0.5) is 0 Å². The van der Waals surface area contributed by atoms with Crippen LogP contribution in [0.15, 0.2) is 53.6 Å². The number of para-hydroxylation sites is 1. The Hall–Kier alpha value is -3.08. The van der Waals surface area contributed by atoms with Gasteiger partial charge in [0, 0.05) is 29.6 Å². The number of nitrogens with one attached hydrogen (secondary N) is 1. The molecule has 0 spiro atoms. The van der Waals surface area contributed by atoms with Crippen LogP contribution in [0.3, 0.4) is 0 Å². The van der Waals surface area contributed by atoms with E-state index in [2.05, 4.69) is 39.4 Å². The zero-order valence-electron chi connectivity index (χ0n) is 15.2. The normalized spacial score (nSPS) is 13.8. The fraction of sp³-hybridized carbons (Fsp3) is 0.273. The van der Waals surface area contributed by atoms with Gasteiger partial charge in [0.1, 0.15) is 5.75 Å². The number of phenolic OH excluding ortho intramolecular Hbond substituents is 1. The van der Waals surface area contributed by atoms with E-state index < -0.39 is 0 Å². The van der Waals surface area contributed by atoms with Gasteiger partial charge in [0.05, 0.1) is 6.21 Å². The van der Waals surface area contributed by atoms with Crippen molar-refractivity contribution in [3.8, 4) is 5.75 Å². The molecule has 138 valence electrons. The van der Waals surface area contributed by atoms with Crippen LogP contribution in [0.5, 0.6) is 5.75 Å². The zero-order valence-corrected chi connectivity index (χ0v) is 15.2. The van der Waals surface area contributed by atoms with Crippen LogP contribution in [0, 0.1) is 0 Å². The third-order valence-corrected chi connectivity index (χ3v) is 5.14. The third-order valence-electron chi connectivity index (χ3n) is 5.14. The van der Waals surface area contributed by atoms with E-state index in [0.717, 1.165) is 18.4 Å². The number of fused-ring (bicyclic) bond motifs is 3. The number of aromatic nitrogens is 1. The summed E-state index contributed by atoms with van der Waals surface area (Å²) in [6, 6.07) is 15.1. The molecule has 4 rings (SSSR count). The highest BCUT2D eigenvalue weighted by molar-refractivity contribution is 5.86. The second-order valence-corrected chi connectivity index (χ2v) is 6.94. The summed E-state index contributed by atoms with van der Waals surface area (Å²) >= 11 is 0. The van der Waals surface area contributed by atoms with E-state index in [1.54, 1.807) is 30.5 Å². The average Bonchev–Trinajstić information content (AvgIpc) is 3.02. The second-order valence-electron chi connectivity index (χ2n) is 6.94. The lowest BCUT2D eigenvalue weighted by Crippen LogP contribution is -2.20. The standard InChI is InChI=1S/C22H23N3O2/c26-17-11-9-16(10-12-17)15-23-24-22(27)13-14-25-20-7-3-1-5-18(20)19-6-2-4-8-21(19)25/h1,3,5,7,9-12,15,26H,2,4,6,8,13-14H2,(H,24,27)/b23-15+. The maximum absolute atomic E-state index is 12.2. The van der Waals surface area contributed by atoms with E-state index in [1.807, 2.05) is 0 Å². The number of aryl methyl sites for hydroxylation is 2. The molecule has 0 atom stereocenters. The highest BCUT2D eigenvalue weighted by Crippen LogP contribution is 2.32. The van der Waals surface area contributed by atoms with Crippen LogP contribution in [-0.2, 0) is 24.2 Å². The molecule has 27 heavy (non-hydrogen) atoms. The first-order valence-electron chi connectivity index (χ1n) is 9.42. The van der Waals surface area contributed by atoms with Crippen molar-refractivity contribution in [2.45, 2.75) is 38.6 Å². The summed E-state index contributed by atoms with van der Waals surface area (Å²) in [7, 11) is 0. The molecule has 1 aliphatic rings. The van der Waals surface area contributed by atoms with Gasteiger partial charge in [-0.05, 0) is 67.1 Å². The highest BCUT2D eigenvalue weighted by atomic mass is 16.3. The molecule has 3 aromatic rings. The van der Waals surface area contributed by atoms with E-state index in [1.165, 1.54) is 35.0 Å². The van der Waals surface area contributed by atoms with E-state index >= 15 is 0 Å². The molecular formula is C22H23N3O2. The van der Waals surface area contributed by atoms with Crippen molar-refractivity contribution in [3.05, 3.63) is 65.4 Å². The number of hydrogen-bond acceptors (Lipinski definition) is 3. The number of nitrogens with zero attached hydrogens (tertiary/aromatic N) is 2. The first kappa shape index (κ1) is 17.3. The summed E-state index contributed by atoms with van der Waals surface area (Å²) in [5, 5.41) is 14.6. The molecule has 1 aromatic heterocycles. The Labute approximate surface area is 158 Å². The number of phenols is 1. The monoisotopic (exact) mass is 361 g/mol. The van der Waals surface area contributed by atoms with Gasteiger partial charge in [-0.2, -0.15) is 5.10 Å². The summed E-state index contributed by atoms with van der Waals surface area (Å²) in [5.41, 5.74) is 7.49. The minimum atomic E-state index is -0.104. The Kier molecular flexibility index (Phi) is 4.92. The largest absolute Gasteiger partial charge is 0.508 e. The van der Waals surface area contributed by atoms with E-state index in [0.29, 0.717) is 13.0 Å². The fourth-order valence-electron chi connectivity index (χ4n) is 3.85. The zero-order chi connectivity index (χ0) is 18.6. The van der Waals surface area contributed by atoms with Gasteiger partial charge in [-0.25, -0.2) is 5.43 Å². The molecular weight excluding hydrogens is 338 g/mol. The summed E-state index contributed by atoms with van der Waals surface area (Å²) in [6.45, 7) is 0.663. The Bertz CT molecular complexity index is 987. The summed E-state index contributed by atoms with van der Waals surface area (Å²) < 4.78 is 2.31. The van der Waals surface area contributed by atoms with Gasteiger partial charge in [-0.3, -0.25) is 4.79 Å².